The number of hydrogen-bond donors (Lipinski definition) is 1. The number of aromatic nitrogens is 4. The van der Waals surface area contributed by atoms with Gasteiger partial charge < -0.3 is 10.5 Å². The molecule has 0 spiro atoms. The van der Waals surface area contributed by atoms with Gasteiger partial charge in [-0.05, 0) is 6.92 Å². The summed E-state index contributed by atoms with van der Waals surface area (Å²) in [5.41, 5.74) is 6.29. The average molecular weight is 205 g/mol. The van der Waals surface area contributed by atoms with Gasteiger partial charge in [0.25, 0.3) is 0 Å². The maximum atomic E-state index is 5.46. The Hall–Kier alpha value is -2.11. The molecule has 0 aromatic carbocycles. The van der Waals surface area contributed by atoms with E-state index in [1.54, 1.807) is 11.7 Å². The van der Waals surface area contributed by atoms with Crippen LogP contribution in [0.1, 0.15) is 5.69 Å². The highest BCUT2D eigenvalue weighted by Crippen LogP contribution is 2.18. The van der Waals surface area contributed by atoms with Crippen molar-refractivity contribution in [2.24, 2.45) is 7.05 Å². The van der Waals surface area contributed by atoms with Crippen molar-refractivity contribution in [3.05, 3.63) is 24.2 Å². The Morgan fingerprint density at radius 1 is 1.33 bits per heavy atom. The molecule has 0 amide bonds. The summed E-state index contributed by atoms with van der Waals surface area (Å²) in [6.07, 6.45) is 2.91. The molecule has 6 nitrogen and oxygen atoms in total. The molecule has 0 saturated carbocycles. The van der Waals surface area contributed by atoms with E-state index in [-0.39, 0.29) is 0 Å². The highest BCUT2D eigenvalue weighted by Gasteiger charge is 2.05. The van der Waals surface area contributed by atoms with Crippen LogP contribution in [0.25, 0.3) is 0 Å². The zero-order valence-electron chi connectivity index (χ0n) is 8.51. The Morgan fingerprint density at radius 3 is 2.67 bits per heavy atom. The highest BCUT2D eigenvalue weighted by molar-refractivity contribution is 5.26. The Bertz CT molecular complexity index is 462. The SMILES string of the molecule is Cc1cc(Oc2cnc(N)cn2)n(C)n1. The predicted molar refractivity (Wildman–Crippen MR) is 54.5 cm³/mol. The first-order valence-corrected chi connectivity index (χ1v) is 4.41. The minimum absolute atomic E-state index is 0.364. The molecule has 2 heterocycles. The molecule has 0 saturated heterocycles. The van der Waals surface area contributed by atoms with E-state index in [9.17, 15) is 0 Å². The van der Waals surface area contributed by atoms with E-state index in [2.05, 4.69) is 15.1 Å². The van der Waals surface area contributed by atoms with E-state index >= 15 is 0 Å². The molecule has 2 aromatic heterocycles. The second-order valence-corrected chi connectivity index (χ2v) is 3.13. The Balaban J connectivity index is 2.21. The zero-order chi connectivity index (χ0) is 10.8. The molecule has 0 aliphatic rings. The van der Waals surface area contributed by atoms with E-state index in [1.807, 2.05) is 13.0 Å². The third-order valence-corrected chi connectivity index (χ3v) is 1.82. The number of ether oxygens (including phenoxy) is 1. The molecule has 78 valence electrons. The molecule has 0 radical (unpaired) electrons. The summed E-state index contributed by atoms with van der Waals surface area (Å²) in [7, 11) is 1.80. The molecule has 0 atom stereocenters. The molecule has 6 heteroatoms. The molecule has 2 N–H and O–H groups in total. The van der Waals surface area contributed by atoms with Crippen molar-refractivity contribution in [3.63, 3.8) is 0 Å². The number of nitrogens with zero attached hydrogens (tertiary/aromatic N) is 4. The van der Waals surface area contributed by atoms with Gasteiger partial charge in [0, 0.05) is 13.1 Å². The van der Waals surface area contributed by atoms with Crippen LogP contribution in [-0.4, -0.2) is 19.7 Å². The fourth-order valence-electron chi connectivity index (χ4n) is 1.17. The summed E-state index contributed by atoms with van der Waals surface area (Å²) >= 11 is 0. The number of aryl methyl sites for hydroxylation is 2. The van der Waals surface area contributed by atoms with Crippen LogP contribution in [0.4, 0.5) is 5.82 Å². The quantitative estimate of drug-likeness (QED) is 0.787. The average Bonchev–Trinajstić information content (AvgIpc) is 2.49. The number of nitrogen functional groups attached to an aromatic ring is 1. The van der Waals surface area contributed by atoms with Crippen LogP contribution in [0.5, 0.6) is 11.8 Å². The fraction of sp³-hybridized carbons (Fsp3) is 0.222. The number of rotatable bonds is 2. The van der Waals surface area contributed by atoms with Crippen LogP contribution in [0.3, 0.4) is 0 Å². The standard InChI is InChI=1S/C9H11N5O/c1-6-3-9(14(2)13-6)15-8-5-11-7(10)4-12-8/h3-5H,1-2H3,(H2,10,11). The Labute approximate surface area is 86.7 Å². The lowest BCUT2D eigenvalue weighted by molar-refractivity contribution is 0.413. The van der Waals surface area contributed by atoms with E-state index in [0.717, 1.165) is 5.69 Å². The minimum Gasteiger partial charge on any atom is -0.419 e. The summed E-state index contributed by atoms with van der Waals surface area (Å²) in [5.74, 6) is 1.38. The highest BCUT2D eigenvalue weighted by atomic mass is 16.5. The Kier molecular flexibility index (Phi) is 2.24. The van der Waals surface area contributed by atoms with E-state index in [0.29, 0.717) is 17.6 Å². The lowest BCUT2D eigenvalue weighted by Crippen LogP contribution is -1.98. The van der Waals surface area contributed by atoms with Gasteiger partial charge >= 0.3 is 0 Å². The first kappa shape index (κ1) is 9.45. The van der Waals surface area contributed by atoms with Gasteiger partial charge in [0.1, 0.15) is 5.82 Å². The first-order chi connectivity index (χ1) is 7.15. The van der Waals surface area contributed by atoms with Crippen molar-refractivity contribution in [1.82, 2.24) is 19.7 Å². The Morgan fingerprint density at radius 2 is 2.13 bits per heavy atom. The second kappa shape index (κ2) is 3.56. The third-order valence-electron chi connectivity index (χ3n) is 1.82. The van der Waals surface area contributed by atoms with Gasteiger partial charge in [0.2, 0.25) is 11.8 Å². The maximum Gasteiger partial charge on any atom is 0.239 e. The van der Waals surface area contributed by atoms with Crippen LogP contribution in [0.2, 0.25) is 0 Å². The van der Waals surface area contributed by atoms with E-state index in [1.165, 1.54) is 12.4 Å². The molecule has 0 fully saturated rings. The van der Waals surface area contributed by atoms with Crippen molar-refractivity contribution in [1.29, 1.82) is 0 Å². The van der Waals surface area contributed by atoms with Crippen molar-refractivity contribution < 1.29 is 4.74 Å². The van der Waals surface area contributed by atoms with Crippen LogP contribution in [0, 0.1) is 6.92 Å². The molecular formula is C9H11N5O. The number of nitrogens with two attached hydrogens (primary N) is 1. The van der Waals surface area contributed by atoms with Gasteiger partial charge in [0.15, 0.2) is 0 Å². The largest absolute Gasteiger partial charge is 0.419 e. The third kappa shape index (κ3) is 2.04. The lowest BCUT2D eigenvalue weighted by Gasteiger charge is -2.03. The predicted octanol–water partition coefficient (Wildman–Crippen LogP) is 0.893. The van der Waals surface area contributed by atoms with Crippen LogP contribution in [-0.2, 0) is 7.05 Å². The summed E-state index contributed by atoms with van der Waals surface area (Å²) in [6.45, 7) is 1.89. The van der Waals surface area contributed by atoms with Crippen molar-refractivity contribution in [2.75, 3.05) is 5.73 Å². The smallest absolute Gasteiger partial charge is 0.239 e. The topological polar surface area (TPSA) is 78.9 Å². The molecule has 0 aliphatic heterocycles. The molecule has 2 rings (SSSR count). The van der Waals surface area contributed by atoms with Crippen LogP contribution < -0.4 is 10.5 Å². The van der Waals surface area contributed by atoms with Crippen LogP contribution >= 0.6 is 0 Å². The molecule has 0 unspecified atom stereocenters. The molecule has 0 bridgehead atoms. The monoisotopic (exact) mass is 205 g/mol. The van der Waals surface area contributed by atoms with Gasteiger partial charge in [-0.15, -0.1) is 0 Å². The second-order valence-electron chi connectivity index (χ2n) is 3.13. The van der Waals surface area contributed by atoms with Crippen LogP contribution in [0.15, 0.2) is 18.5 Å². The van der Waals surface area contributed by atoms with Crippen molar-refractivity contribution in [3.8, 4) is 11.8 Å². The summed E-state index contributed by atoms with van der Waals surface area (Å²) in [6, 6.07) is 1.82. The minimum atomic E-state index is 0.364. The van der Waals surface area contributed by atoms with Crippen molar-refractivity contribution >= 4 is 5.82 Å². The lowest BCUT2D eigenvalue weighted by atomic mass is 10.5. The number of anilines is 1. The summed E-state index contributed by atoms with van der Waals surface area (Å²) in [4.78, 5) is 7.85. The molecule has 2 aromatic rings. The van der Waals surface area contributed by atoms with Gasteiger partial charge in [-0.1, -0.05) is 0 Å². The zero-order valence-corrected chi connectivity index (χ0v) is 8.51. The number of hydrogen-bond acceptors (Lipinski definition) is 5. The van der Waals surface area contributed by atoms with Gasteiger partial charge in [-0.25, -0.2) is 14.6 Å². The van der Waals surface area contributed by atoms with Gasteiger partial charge in [-0.2, -0.15) is 5.10 Å². The normalized spacial score (nSPS) is 10.3. The van der Waals surface area contributed by atoms with Gasteiger partial charge in [0.05, 0.1) is 18.1 Å². The first-order valence-electron chi connectivity index (χ1n) is 4.41. The molecular weight excluding hydrogens is 194 g/mol. The fourth-order valence-corrected chi connectivity index (χ4v) is 1.17. The molecule has 0 aliphatic carbocycles. The summed E-state index contributed by atoms with van der Waals surface area (Å²) in [5, 5.41) is 4.14. The molecule has 15 heavy (non-hydrogen) atoms. The maximum absolute atomic E-state index is 5.46. The summed E-state index contributed by atoms with van der Waals surface area (Å²) < 4.78 is 7.09. The van der Waals surface area contributed by atoms with Crippen molar-refractivity contribution in [2.45, 2.75) is 6.92 Å². The van der Waals surface area contributed by atoms with Gasteiger partial charge in [-0.3, -0.25) is 0 Å². The van der Waals surface area contributed by atoms with E-state index < -0.39 is 0 Å². The van der Waals surface area contributed by atoms with E-state index in [4.69, 9.17) is 10.5 Å².